The van der Waals surface area contributed by atoms with Crippen molar-refractivity contribution >= 4 is 33.9 Å². The van der Waals surface area contributed by atoms with Gasteiger partial charge in [0.2, 0.25) is 6.20 Å². The first kappa shape index (κ1) is 26.3. The van der Waals surface area contributed by atoms with E-state index >= 15 is 0 Å². The third-order valence-corrected chi connectivity index (χ3v) is 3.77. The number of ether oxygens (including phenoxy) is 1. The van der Waals surface area contributed by atoms with Crippen LogP contribution in [0, 0.1) is 0 Å². The maximum atomic E-state index is 11.5. The van der Waals surface area contributed by atoms with Crippen molar-refractivity contribution in [1.82, 2.24) is 4.98 Å². The Morgan fingerprint density at radius 2 is 1.90 bits per heavy atom. The summed E-state index contributed by atoms with van der Waals surface area (Å²) in [4.78, 5) is 15.6. The maximum Gasteiger partial charge on any atom is 0.337 e. The third kappa shape index (κ3) is 7.70. The van der Waals surface area contributed by atoms with Crippen molar-refractivity contribution in [2.24, 2.45) is 0 Å². The van der Waals surface area contributed by atoms with Gasteiger partial charge in [0, 0.05) is 28.0 Å². The lowest BCUT2D eigenvalue weighted by Crippen LogP contribution is -2.34. The number of esters is 1. The molecule has 5 nitrogen and oxygen atoms in total. The van der Waals surface area contributed by atoms with Crippen LogP contribution in [0.3, 0.4) is 0 Å². The van der Waals surface area contributed by atoms with E-state index in [2.05, 4.69) is 30.1 Å². The average molecular weight is 420 g/mol. The fraction of sp³-hybridized carbons (Fsp3) is 0.348. The highest BCUT2D eigenvalue weighted by molar-refractivity contribution is 6.30. The van der Waals surface area contributed by atoms with E-state index in [4.69, 9.17) is 11.6 Å². The van der Waals surface area contributed by atoms with Gasteiger partial charge in [0.05, 0.1) is 18.1 Å². The quantitative estimate of drug-likeness (QED) is 0.166. The van der Waals surface area contributed by atoms with Crippen LogP contribution in [-0.4, -0.2) is 23.3 Å². The van der Waals surface area contributed by atoms with Crippen LogP contribution < -0.4 is 4.73 Å². The van der Waals surface area contributed by atoms with Crippen molar-refractivity contribution in [3.05, 3.63) is 65.3 Å². The third-order valence-electron chi connectivity index (χ3n) is 3.56. The molecule has 0 amide bonds. The molecule has 0 aliphatic carbocycles. The smallest absolute Gasteiger partial charge is 0.337 e. The molecule has 0 unspecified atom stereocenters. The largest absolute Gasteiger partial charge is 0.465 e. The van der Waals surface area contributed by atoms with E-state index in [1.807, 2.05) is 33.8 Å². The average Bonchev–Trinajstić information content (AvgIpc) is 2.70. The van der Waals surface area contributed by atoms with Gasteiger partial charge in [-0.25, -0.2) is 9.78 Å². The van der Waals surface area contributed by atoms with Crippen molar-refractivity contribution in [3.63, 3.8) is 0 Å². The number of allylic oxidation sites excluding steroid dienone is 3. The number of carbonyl (C=O) groups excluding carboxylic acids is 1. The van der Waals surface area contributed by atoms with Gasteiger partial charge in [-0.2, -0.15) is 0 Å². The van der Waals surface area contributed by atoms with Gasteiger partial charge in [0.25, 0.3) is 5.69 Å². The van der Waals surface area contributed by atoms with Gasteiger partial charge < -0.3 is 4.74 Å². The Morgan fingerprint density at radius 1 is 1.31 bits per heavy atom. The molecule has 2 heterocycles. The van der Waals surface area contributed by atoms with Gasteiger partial charge in [-0.3, -0.25) is 5.21 Å². The van der Waals surface area contributed by atoms with Crippen LogP contribution in [0.5, 0.6) is 0 Å². The SMILES string of the molecule is C=C(/C=C(C)\C(=C/C)c1cc2cnc(Cl)cc2c[n+]1O)C(=O)OC.CC.CCC. The van der Waals surface area contributed by atoms with Crippen LogP contribution in [0.25, 0.3) is 16.3 Å². The Morgan fingerprint density at radius 3 is 2.41 bits per heavy atom. The van der Waals surface area contributed by atoms with Crippen molar-refractivity contribution < 1.29 is 19.5 Å². The molecule has 158 valence electrons. The van der Waals surface area contributed by atoms with Crippen LogP contribution in [0.1, 0.15) is 53.7 Å². The van der Waals surface area contributed by atoms with Gasteiger partial charge in [-0.15, -0.1) is 0 Å². The molecular formula is C23H32ClN2O3+. The number of carbonyl (C=O) groups is 1. The van der Waals surface area contributed by atoms with Crippen molar-refractivity contribution in [3.8, 4) is 0 Å². The summed E-state index contributed by atoms with van der Waals surface area (Å²) >= 11 is 5.88. The first-order chi connectivity index (χ1) is 13.8. The van der Waals surface area contributed by atoms with E-state index in [-0.39, 0.29) is 5.57 Å². The number of aromatic nitrogens is 2. The fourth-order valence-corrected chi connectivity index (χ4v) is 2.58. The van der Waals surface area contributed by atoms with Crippen LogP contribution in [0.2, 0.25) is 5.15 Å². The van der Waals surface area contributed by atoms with Crippen molar-refractivity contribution in [1.29, 1.82) is 0 Å². The Hall–Kier alpha value is -2.66. The first-order valence-corrected chi connectivity index (χ1v) is 9.99. The van der Waals surface area contributed by atoms with Crippen molar-refractivity contribution in [2.75, 3.05) is 7.11 Å². The molecule has 0 aromatic carbocycles. The van der Waals surface area contributed by atoms with E-state index in [0.29, 0.717) is 10.8 Å². The van der Waals surface area contributed by atoms with Gasteiger partial charge >= 0.3 is 5.97 Å². The normalized spacial score (nSPS) is 11.0. The van der Waals surface area contributed by atoms with Gasteiger partial charge in [-0.05, 0) is 31.6 Å². The summed E-state index contributed by atoms with van der Waals surface area (Å²) in [5.74, 6) is -0.501. The number of halogens is 1. The summed E-state index contributed by atoms with van der Waals surface area (Å²) < 4.78 is 5.67. The zero-order valence-corrected chi connectivity index (χ0v) is 19.2. The highest BCUT2D eigenvalue weighted by Gasteiger charge is 2.19. The van der Waals surface area contributed by atoms with Gasteiger partial charge in [-0.1, -0.05) is 58.4 Å². The molecule has 0 saturated carbocycles. The second kappa shape index (κ2) is 13.5. The summed E-state index contributed by atoms with van der Waals surface area (Å²) in [5, 5.41) is 12.3. The zero-order valence-electron chi connectivity index (χ0n) is 18.4. The highest BCUT2D eigenvalue weighted by atomic mass is 35.5. The molecule has 0 saturated heterocycles. The first-order valence-electron chi connectivity index (χ1n) is 9.61. The molecule has 0 radical (unpaired) electrons. The molecule has 2 aromatic rings. The Balaban J connectivity index is 0.00000143. The molecule has 0 aliphatic rings. The number of hydrogen-bond acceptors (Lipinski definition) is 4. The Bertz CT molecular complexity index is 902. The summed E-state index contributed by atoms with van der Waals surface area (Å²) in [6.07, 6.45) is 7.91. The predicted molar refractivity (Wildman–Crippen MR) is 120 cm³/mol. The maximum absolute atomic E-state index is 11.5. The molecule has 0 aliphatic heterocycles. The molecule has 1 N–H and O–H groups in total. The summed E-state index contributed by atoms with van der Waals surface area (Å²) in [5.41, 5.74) is 2.30. The lowest BCUT2D eigenvalue weighted by atomic mass is 10.00. The Kier molecular flexibility index (Phi) is 12.3. The highest BCUT2D eigenvalue weighted by Crippen LogP contribution is 2.24. The fourth-order valence-electron chi connectivity index (χ4n) is 2.41. The minimum Gasteiger partial charge on any atom is -0.465 e. The van der Waals surface area contributed by atoms with E-state index in [1.54, 1.807) is 30.6 Å². The number of rotatable bonds is 4. The second-order valence-corrected chi connectivity index (χ2v) is 6.28. The van der Waals surface area contributed by atoms with E-state index in [1.165, 1.54) is 13.5 Å². The molecule has 29 heavy (non-hydrogen) atoms. The van der Waals surface area contributed by atoms with E-state index in [9.17, 15) is 10.0 Å². The summed E-state index contributed by atoms with van der Waals surface area (Å²) in [6.45, 7) is 15.6. The van der Waals surface area contributed by atoms with E-state index in [0.717, 1.165) is 26.6 Å². The minimum atomic E-state index is -0.501. The number of methoxy groups -OCH3 is 1. The second-order valence-electron chi connectivity index (χ2n) is 5.89. The molecule has 0 atom stereocenters. The van der Waals surface area contributed by atoms with Crippen LogP contribution in [-0.2, 0) is 9.53 Å². The minimum absolute atomic E-state index is 0.230. The topological polar surface area (TPSA) is 63.3 Å². The molecule has 2 aromatic heterocycles. The zero-order chi connectivity index (χ0) is 22.6. The number of fused-ring (bicyclic) bond motifs is 1. The van der Waals surface area contributed by atoms with Crippen molar-refractivity contribution in [2.45, 2.75) is 48.0 Å². The van der Waals surface area contributed by atoms with Crippen LogP contribution >= 0.6 is 11.6 Å². The lowest BCUT2D eigenvalue weighted by molar-refractivity contribution is -0.905. The Labute approximate surface area is 179 Å². The monoisotopic (exact) mass is 419 g/mol. The number of hydrogen-bond donors (Lipinski definition) is 1. The molecule has 0 bridgehead atoms. The molecular weight excluding hydrogens is 388 g/mol. The summed E-state index contributed by atoms with van der Waals surface area (Å²) in [7, 11) is 1.30. The number of pyridine rings is 2. The van der Waals surface area contributed by atoms with E-state index < -0.39 is 5.97 Å². The van der Waals surface area contributed by atoms with Gasteiger partial charge in [0.1, 0.15) is 5.15 Å². The molecule has 0 fully saturated rings. The lowest BCUT2D eigenvalue weighted by Gasteiger charge is -2.06. The predicted octanol–water partition coefficient (Wildman–Crippen LogP) is 5.93. The molecule has 2 rings (SSSR count). The molecule has 6 heteroatoms. The van der Waals surface area contributed by atoms with Crippen LogP contribution in [0.4, 0.5) is 0 Å². The van der Waals surface area contributed by atoms with Crippen LogP contribution in [0.15, 0.2) is 54.4 Å². The standard InChI is InChI=1S/C18H18ClN2O3.C3H8.C2H6/c1-5-15(11(2)6-12(3)18(22)24-4)16-7-13-9-20-17(19)8-14(13)10-21(16)23;1-3-2;1-2/h5-10,23H,3H2,1-2,4H3;3H2,1-2H3;1-2H3/q+1;;/b11-6-,15-5+;;. The number of nitrogens with zero attached hydrogens (tertiary/aromatic N) is 2. The summed E-state index contributed by atoms with van der Waals surface area (Å²) in [6, 6.07) is 3.47. The molecule has 0 spiro atoms. The van der Waals surface area contributed by atoms with Gasteiger partial charge in [0.15, 0.2) is 0 Å².